The van der Waals surface area contributed by atoms with Crippen LogP contribution < -0.4 is 10.6 Å². The average molecular weight is 270 g/mol. The molecule has 0 aliphatic rings. The van der Waals surface area contributed by atoms with Gasteiger partial charge in [0.25, 0.3) is 0 Å². The summed E-state index contributed by atoms with van der Waals surface area (Å²) in [5.74, 6) is 0. The first-order valence-corrected chi connectivity index (χ1v) is 7.21. The number of hydrogen-bond acceptors (Lipinski definition) is 2. The average Bonchev–Trinajstić information content (AvgIpc) is 2.46. The highest BCUT2D eigenvalue weighted by molar-refractivity contribution is 5.52. The third-order valence-corrected chi connectivity index (χ3v) is 3.41. The van der Waals surface area contributed by atoms with Gasteiger partial charge < -0.3 is 10.6 Å². The van der Waals surface area contributed by atoms with Gasteiger partial charge in [-0.15, -0.1) is 0 Å². The summed E-state index contributed by atoms with van der Waals surface area (Å²) in [4.78, 5) is 2.37. The Labute approximate surface area is 123 Å². The van der Waals surface area contributed by atoms with E-state index in [9.17, 15) is 0 Å². The number of para-hydroxylation sites is 2. The maximum Gasteiger partial charge on any atom is 0.0395 e. The molecule has 0 saturated carbocycles. The highest BCUT2D eigenvalue weighted by Crippen LogP contribution is 2.18. The molecule has 0 unspecified atom stereocenters. The third kappa shape index (κ3) is 4.61. The maximum absolute atomic E-state index is 5.52. The van der Waals surface area contributed by atoms with Gasteiger partial charge in [0.2, 0.25) is 0 Å². The summed E-state index contributed by atoms with van der Waals surface area (Å²) in [5, 5.41) is 0. The predicted molar refractivity (Wildman–Crippen MR) is 90.3 cm³/mol. The van der Waals surface area contributed by atoms with Gasteiger partial charge in [-0.05, 0) is 51.0 Å². The largest absolute Gasteiger partial charge is 0.399 e. The molecule has 0 aromatic heterocycles. The number of rotatable bonds is 3. The second kappa shape index (κ2) is 8.26. The molecule has 0 aliphatic heterocycles. The van der Waals surface area contributed by atoms with E-state index >= 15 is 0 Å². The zero-order chi connectivity index (χ0) is 15.0. The molecule has 2 rings (SSSR count). The van der Waals surface area contributed by atoms with E-state index in [1.54, 1.807) is 0 Å². The van der Waals surface area contributed by atoms with Crippen molar-refractivity contribution in [3.05, 3.63) is 59.7 Å². The van der Waals surface area contributed by atoms with E-state index in [0.29, 0.717) is 0 Å². The summed E-state index contributed by atoms with van der Waals surface area (Å²) < 4.78 is 0. The van der Waals surface area contributed by atoms with E-state index in [1.165, 1.54) is 11.3 Å². The van der Waals surface area contributed by atoms with Crippen LogP contribution in [0.1, 0.15) is 25.0 Å². The summed E-state index contributed by atoms with van der Waals surface area (Å²) in [7, 11) is 0. The van der Waals surface area contributed by atoms with Gasteiger partial charge >= 0.3 is 0 Å². The molecule has 0 saturated heterocycles. The molecule has 2 heteroatoms. The van der Waals surface area contributed by atoms with Crippen molar-refractivity contribution in [1.82, 2.24) is 0 Å². The summed E-state index contributed by atoms with van der Waals surface area (Å²) in [6.45, 7) is 10.7. The Bertz CT molecular complexity index is 495. The van der Waals surface area contributed by atoms with Gasteiger partial charge in [-0.2, -0.15) is 0 Å². The number of nitrogens with zero attached hydrogens (tertiary/aromatic N) is 1. The number of anilines is 2. The molecule has 0 radical (unpaired) electrons. The predicted octanol–water partition coefficient (Wildman–Crippen LogP) is 4.42. The first-order chi connectivity index (χ1) is 9.60. The van der Waals surface area contributed by atoms with Crippen LogP contribution in [0.3, 0.4) is 0 Å². The van der Waals surface area contributed by atoms with E-state index in [2.05, 4.69) is 49.9 Å². The Morgan fingerprint density at radius 3 is 1.70 bits per heavy atom. The lowest BCUT2D eigenvalue weighted by Gasteiger charge is -2.22. The van der Waals surface area contributed by atoms with Gasteiger partial charge in [-0.3, -0.25) is 0 Å². The quantitative estimate of drug-likeness (QED) is 0.837. The molecule has 0 heterocycles. The van der Waals surface area contributed by atoms with E-state index in [1.807, 2.05) is 31.2 Å². The van der Waals surface area contributed by atoms with Crippen molar-refractivity contribution in [2.24, 2.45) is 0 Å². The topological polar surface area (TPSA) is 29.3 Å². The Balaban J connectivity index is 0.000000217. The molecule has 108 valence electrons. The fourth-order valence-corrected chi connectivity index (χ4v) is 2.07. The van der Waals surface area contributed by atoms with Gasteiger partial charge in [0, 0.05) is 24.5 Å². The zero-order valence-electron chi connectivity index (χ0n) is 13.1. The lowest BCUT2D eigenvalue weighted by molar-refractivity contribution is 0.862. The minimum atomic E-state index is 0.868. The first-order valence-electron chi connectivity index (χ1n) is 7.21. The fraction of sp³-hybridized carbons (Fsp3) is 0.333. The van der Waals surface area contributed by atoms with E-state index in [4.69, 9.17) is 5.73 Å². The minimum absolute atomic E-state index is 0.868. The molecule has 0 atom stereocenters. The van der Waals surface area contributed by atoms with Gasteiger partial charge in [0.15, 0.2) is 0 Å². The van der Waals surface area contributed by atoms with Crippen LogP contribution in [0, 0.1) is 13.8 Å². The molecule has 20 heavy (non-hydrogen) atoms. The normalized spacial score (nSPS) is 9.60. The minimum Gasteiger partial charge on any atom is -0.399 e. The van der Waals surface area contributed by atoms with Crippen LogP contribution in [0.4, 0.5) is 11.4 Å². The number of nitrogens with two attached hydrogens (primary N) is 1. The monoisotopic (exact) mass is 270 g/mol. The van der Waals surface area contributed by atoms with Crippen molar-refractivity contribution in [1.29, 1.82) is 0 Å². The highest BCUT2D eigenvalue weighted by Gasteiger charge is 2.02. The van der Waals surface area contributed by atoms with Gasteiger partial charge in [0.05, 0.1) is 0 Å². The molecule has 0 amide bonds. The first kappa shape index (κ1) is 16.1. The summed E-state index contributed by atoms with van der Waals surface area (Å²) >= 11 is 0. The molecule has 2 N–H and O–H groups in total. The van der Waals surface area contributed by atoms with E-state index < -0.39 is 0 Å². The summed E-state index contributed by atoms with van der Waals surface area (Å²) in [5.41, 5.74) is 10.3. The van der Waals surface area contributed by atoms with Crippen LogP contribution in [0.15, 0.2) is 48.5 Å². The van der Waals surface area contributed by atoms with Crippen LogP contribution in [0.5, 0.6) is 0 Å². The Hall–Kier alpha value is -1.96. The fourth-order valence-electron chi connectivity index (χ4n) is 2.07. The van der Waals surface area contributed by atoms with Gasteiger partial charge in [-0.1, -0.05) is 36.4 Å². The van der Waals surface area contributed by atoms with Crippen LogP contribution in [-0.4, -0.2) is 13.1 Å². The van der Waals surface area contributed by atoms with Crippen LogP contribution in [0.2, 0.25) is 0 Å². The molecular weight excluding hydrogens is 244 g/mol. The van der Waals surface area contributed by atoms with Crippen molar-refractivity contribution >= 4 is 11.4 Å². The van der Waals surface area contributed by atoms with Gasteiger partial charge in [-0.25, -0.2) is 0 Å². The van der Waals surface area contributed by atoms with Crippen molar-refractivity contribution in [3.63, 3.8) is 0 Å². The zero-order valence-corrected chi connectivity index (χ0v) is 13.1. The summed E-state index contributed by atoms with van der Waals surface area (Å²) in [6, 6.07) is 16.3. The molecule has 2 nitrogen and oxygen atoms in total. The second-order valence-corrected chi connectivity index (χ2v) is 4.82. The summed E-state index contributed by atoms with van der Waals surface area (Å²) in [6.07, 6.45) is 0. The lowest BCUT2D eigenvalue weighted by atomic mass is 10.2. The second-order valence-electron chi connectivity index (χ2n) is 4.82. The van der Waals surface area contributed by atoms with Crippen LogP contribution in [0.25, 0.3) is 0 Å². The van der Waals surface area contributed by atoms with Crippen LogP contribution >= 0.6 is 0 Å². The molecule has 0 aliphatic carbocycles. The Kier molecular flexibility index (Phi) is 6.65. The lowest BCUT2D eigenvalue weighted by Crippen LogP contribution is -2.22. The van der Waals surface area contributed by atoms with Crippen LogP contribution in [-0.2, 0) is 0 Å². The number of hydrogen-bond donors (Lipinski definition) is 1. The molecule has 0 spiro atoms. The smallest absolute Gasteiger partial charge is 0.0395 e. The standard InChI is InChI=1S/C11H17N.C7H9N/c1-4-12(5-2)11-9-7-6-8-10(11)3;1-6-4-2-3-5-7(6)8/h6-9H,4-5H2,1-3H3;2-5H,8H2,1H3. The molecule has 0 bridgehead atoms. The highest BCUT2D eigenvalue weighted by atomic mass is 15.1. The van der Waals surface area contributed by atoms with Gasteiger partial charge in [0.1, 0.15) is 0 Å². The molecule has 2 aromatic carbocycles. The maximum atomic E-state index is 5.52. The molecule has 2 aromatic rings. The Morgan fingerprint density at radius 1 is 0.800 bits per heavy atom. The number of benzene rings is 2. The number of nitrogen functional groups attached to an aromatic ring is 1. The van der Waals surface area contributed by atoms with Crippen molar-refractivity contribution in [2.75, 3.05) is 23.7 Å². The number of aryl methyl sites for hydroxylation is 2. The van der Waals surface area contributed by atoms with Crippen molar-refractivity contribution < 1.29 is 0 Å². The third-order valence-electron chi connectivity index (χ3n) is 3.41. The van der Waals surface area contributed by atoms with Crippen molar-refractivity contribution in [3.8, 4) is 0 Å². The molecule has 0 fully saturated rings. The SMILES string of the molecule is CCN(CC)c1ccccc1C.Cc1ccccc1N. The molecular formula is C18H26N2. The Morgan fingerprint density at radius 2 is 1.30 bits per heavy atom. The van der Waals surface area contributed by atoms with Crippen molar-refractivity contribution in [2.45, 2.75) is 27.7 Å². The van der Waals surface area contributed by atoms with E-state index in [-0.39, 0.29) is 0 Å². The van der Waals surface area contributed by atoms with E-state index in [0.717, 1.165) is 24.3 Å².